The molecule has 23 heavy (non-hydrogen) atoms. The van der Waals surface area contributed by atoms with Crippen LogP contribution in [0.1, 0.15) is 12.8 Å². The number of sulfone groups is 1. The van der Waals surface area contributed by atoms with Crippen molar-refractivity contribution in [3.05, 3.63) is 48.5 Å². The molecule has 0 radical (unpaired) electrons. The zero-order chi connectivity index (χ0) is 16.4. The van der Waals surface area contributed by atoms with Crippen molar-refractivity contribution in [3.63, 3.8) is 0 Å². The minimum Gasteiger partial charge on any atom is -0.457 e. The maximum absolute atomic E-state index is 11.7. The van der Waals surface area contributed by atoms with Gasteiger partial charge in [-0.15, -0.1) is 0 Å². The molecule has 3 rings (SSSR count). The van der Waals surface area contributed by atoms with Crippen molar-refractivity contribution in [2.24, 2.45) is 5.92 Å². The molecule has 0 heterocycles. The van der Waals surface area contributed by atoms with Gasteiger partial charge >= 0.3 is 0 Å². The van der Waals surface area contributed by atoms with Crippen LogP contribution in [0.5, 0.6) is 11.5 Å². The number of benzene rings is 2. The fraction of sp³-hybridized carbons (Fsp3) is 0.235. The molecule has 2 aromatic carbocycles. The van der Waals surface area contributed by atoms with Crippen LogP contribution >= 0.6 is 0 Å². The van der Waals surface area contributed by atoms with E-state index in [1.54, 1.807) is 36.4 Å². The molecule has 0 atom stereocenters. The van der Waals surface area contributed by atoms with Crippen molar-refractivity contribution >= 4 is 21.4 Å². The Bertz CT molecular complexity index is 807. The van der Waals surface area contributed by atoms with E-state index in [0.29, 0.717) is 11.5 Å². The summed E-state index contributed by atoms with van der Waals surface area (Å²) in [6, 6.07) is 13.3. The molecule has 0 bridgehead atoms. The number of hydrogen-bond acceptors (Lipinski definition) is 4. The lowest BCUT2D eigenvalue weighted by Gasteiger charge is -2.08. The maximum Gasteiger partial charge on any atom is 0.227 e. The number of rotatable bonds is 5. The normalized spacial score (nSPS) is 14.3. The Morgan fingerprint density at radius 3 is 2.00 bits per heavy atom. The molecule has 1 aliphatic rings. The highest BCUT2D eigenvalue weighted by molar-refractivity contribution is 7.90. The van der Waals surface area contributed by atoms with Crippen LogP contribution < -0.4 is 10.1 Å². The molecule has 1 saturated carbocycles. The number of amides is 1. The first kappa shape index (κ1) is 15.6. The van der Waals surface area contributed by atoms with Gasteiger partial charge in [-0.2, -0.15) is 0 Å². The average Bonchev–Trinajstić information content (AvgIpc) is 3.34. The maximum atomic E-state index is 11.7. The summed E-state index contributed by atoms with van der Waals surface area (Å²) < 4.78 is 28.5. The van der Waals surface area contributed by atoms with Gasteiger partial charge in [-0.1, -0.05) is 0 Å². The molecule has 1 fully saturated rings. The van der Waals surface area contributed by atoms with Crippen molar-refractivity contribution in [3.8, 4) is 11.5 Å². The van der Waals surface area contributed by atoms with Crippen LogP contribution in [0.3, 0.4) is 0 Å². The molecule has 1 N–H and O–H groups in total. The highest BCUT2D eigenvalue weighted by Crippen LogP contribution is 2.30. The van der Waals surface area contributed by atoms with Gasteiger partial charge in [0, 0.05) is 17.9 Å². The van der Waals surface area contributed by atoms with Crippen LogP contribution in [0.4, 0.5) is 5.69 Å². The van der Waals surface area contributed by atoms with E-state index in [1.165, 1.54) is 12.1 Å². The molecule has 0 unspecified atom stereocenters. The first-order valence-corrected chi connectivity index (χ1v) is 9.20. The summed E-state index contributed by atoms with van der Waals surface area (Å²) in [5.41, 5.74) is 0.738. The third-order valence-electron chi connectivity index (χ3n) is 3.56. The molecule has 6 heteroatoms. The first-order valence-electron chi connectivity index (χ1n) is 7.31. The van der Waals surface area contributed by atoms with Crippen molar-refractivity contribution in [1.82, 2.24) is 0 Å². The molecule has 0 spiro atoms. The van der Waals surface area contributed by atoms with Crippen molar-refractivity contribution < 1.29 is 17.9 Å². The van der Waals surface area contributed by atoms with E-state index >= 15 is 0 Å². The summed E-state index contributed by atoms with van der Waals surface area (Å²) in [6.45, 7) is 0. The van der Waals surface area contributed by atoms with E-state index in [-0.39, 0.29) is 16.7 Å². The van der Waals surface area contributed by atoms with Crippen molar-refractivity contribution in [2.45, 2.75) is 17.7 Å². The van der Waals surface area contributed by atoms with Crippen LogP contribution in [-0.2, 0) is 14.6 Å². The Morgan fingerprint density at radius 1 is 1.00 bits per heavy atom. The van der Waals surface area contributed by atoms with Crippen LogP contribution in [0.25, 0.3) is 0 Å². The zero-order valence-corrected chi connectivity index (χ0v) is 13.5. The van der Waals surface area contributed by atoms with Gasteiger partial charge in [-0.3, -0.25) is 4.79 Å². The lowest BCUT2D eigenvalue weighted by molar-refractivity contribution is -0.117. The van der Waals surface area contributed by atoms with Crippen molar-refractivity contribution in [2.75, 3.05) is 11.6 Å². The van der Waals surface area contributed by atoms with Crippen molar-refractivity contribution in [1.29, 1.82) is 0 Å². The second-order valence-corrected chi connectivity index (χ2v) is 7.65. The number of carbonyl (C=O) groups is 1. The highest BCUT2D eigenvalue weighted by Gasteiger charge is 2.29. The minimum absolute atomic E-state index is 0.0648. The Balaban J connectivity index is 1.64. The molecular weight excluding hydrogens is 314 g/mol. The van der Waals surface area contributed by atoms with Crippen LogP contribution in [0.2, 0.25) is 0 Å². The van der Waals surface area contributed by atoms with Gasteiger partial charge in [0.25, 0.3) is 0 Å². The van der Waals surface area contributed by atoms with Gasteiger partial charge in [0.2, 0.25) is 5.91 Å². The number of nitrogens with one attached hydrogen (secondary N) is 1. The Hall–Kier alpha value is -2.34. The largest absolute Gasteiger partial charge is 0.457 e. The molecule has 120 valence electrons. The third-order valence-corrected chi connectivity index (χ3v) is 4.69. The van der Waals surface area contributed by atoms with Gasteiger partial charge in [-0.05, 0) is 61.4 Å². The second kappa shape index (κ2) is 6.04. The SMILES string of the molecule is CS(=O)(=O)c1ccc(Oc2ccc(NC(=O)C3CC3)cc2)cc1. The fourth-order valence-electron chi connectivity index (χ4n) is 2.09. The number of carbonyl (C=O) groups excluding carboxylic acids is 1. The summed E-state index contributed by atoms with van der Waals surface area (Å²) in [5.74, 6) is 1.39. The summed E-state index contributed by atoms with van der Waals surface area (Å²) in [5, 5.41) is 2.86. The third kappa shape index (κ3) is 4.10. The Morgan fingerprint density at radius 2 is 1.52 bits per heavy atom. The van der Waals surface area contributed by atoms with Gasteiger partial charge in [0.15, 0.2) is 9.84 Å². The Labute approximate surface area is 135 Å². The van der Waals surface area contributed by atoms with Crippen LogP contribution in [0, 0.1) is 5.92 Å². The number of hydrogen-bond donors (Lipinski definition) is 1. The number of ether oxygens (including phenoxy) is 1. The summed E-state index contributed by atoms with van der Waals surface area (Å²) in [6.07, 6.45) is 3.10. The summed E-state index contributed by atoms with van der Waals surface area (Å²) >= 11 is 0. The standard InChI is InChI=1S/C17H17NO4S/c1-23(20,21)16-10-8-15(9-11-16)22-14-6-4-13(5-7-14)18-17(19)12-2-3-12/h4-12H,2-3H2,1H3,(H,18,19). The van der Waals surface area contributed by atoms with Gasteiger partial charge < -0.3 is 10.1 Å². The first-order chi connectivity index (χ1) is 10.9. The Kier molecular flexibility index (Phi) is 4.09. The molecule has 0 aliphatic heterocycles. The molecule has 5 nitrogen and oxygen atoms in total. The molecule has 2 aromatic rings. The molecular formula is C17H17NO4S. The molecule has 0 saturated heterocycles. The quantitative estimate of drug-likeness (QED) is 0.913. The van der Waals surface area contributed by atoms with E-state index in [2.05, 4.69) is 5.32 Å². The van der Waals surface area contributed by atoms with E-state index in [9.17, 15) is 13.2 Å². The molecule has 0 aromatic heterocycles. The monoisotopic (exact) mass is 331 g/mol. The van der Waals surface area contributed by atoms with Gasteiger partial charge in [-0.25, -0.2) is 8.42 Å². The van der Waals surface area contributed by atoms with Gasteiger partial charge in [0.1, 0.15) is 11.5 Å². The second-order valence-electron chi connectivity index (χ2n) is 5.63. The molecule has 1 amide bonds. The number of anilines is 1. The fourth-order valence-corrected chi connectivity index (χ4v) is 2.72. The predicted octanol–water partition coefficient (Wildman–Crippen LogP) is 3.23. The lowest BCUT2D eigenvalue weighted by atomic mass is 10.3. The van der Waals surface area contributed by atoms with Crippen LogP contribution in [-0.4, -0.2) is 20.6 Å². The van der Waals surface area contributed by atoms with E-state index in [1.807, 2.05) is 0 Å². The average molecular weight is 331 g/mol. The predicted molar refractivity (Wildman–Crippen MR) is 87.4 cm³/mol. The zero-order valence-electron chi connectivity index (χ0n) is 12.7. The van der Waals surface area contributed by atoms with E-state index < -0.39 is 9.84 Å². The smallest absolute Gasteiger partial charge is 0.227 e. The van der Waals surface area contributed by atoms with E-state index in [4.69, 9.17) is 4.74 Å². The van der Waals surface area contributed by atoms with Crippen LogP contribution in [0.15, 0.2) is 53.4 Å². The minimum atomic E-state index is -3.21. The molecule has 1 aliphatic carbocycles. The summed E-state index contributed by atoms with van der Waals surface area (Å²) in [7, 11) is -3.21. The lowest BCUT2D eigenvalue weighted by Crippen LogP contribution is -2.12. The highest BCUT2D eigenvalue weighted by atomic mass is 32.2. The van der Waals surface area contributed by atoms with Gasteiger partial charge in [0.05, 0.1) is 4.90 Å². The summed E-state index contributed by atoms with van der Waals surface area (Å²) in [4.78, 5) is 11.9. The van der Waals surface area contributed by atoms with E-state index in [0.717, 1.165) is 24.8 Å². The topological polar surface area (TPSA) is 72.5 Å².